The van der Waals surface area contributed by atoms with Gasteiger partial charge >= 0.3 is 0 Å². The van der Waals surface area contributed by atoms with Crippen LogP contribution in [0.4, 0.5) is 0 Å². The van der Waals surface area contributed by atoms with E-state index in [1.54, 1.807) is 0 Å². The molecule has 2 rings (SSSR count). The molecule has 20 heavy (non-hydrogen) atoms. The van der Waals surface area contributed by atoms with E-state index in [1.165, 1.54) is 37.7 Å². The maximum Gasteiger partial charge on any atom is 0.124 e. The smallest absolute Gasteiger partial charge is 0.124 e. The van der Waals surface area contributed by atoms with Crippen LogP contribution in [0, 0.1) is 5.92 Å². The standard InChI is InChI=1S/C18H29NO/c1-4-13-19-18(15-9-5-6-10-15)16-11-7-8-12-17(16)20-14(2)3/h7-8,11-12,14-15,18-19H,4-6,9-10,13H2,1-3H3. The summed E-state index contributed by atoms with van der Waals surface area (Å²) in [5.41, 5.74) is 1.35. The Morgan fingerprint density at radius 3 is 2.55 bits per heavy atom. The second-order valence-corrected chi connectivity index (χ2v) is 6.18. The van der Waals surface area contributed by atoms with Crippen molar-refractivity contribution in [3.05, 3.63) is 29.8 Å². The predicted octanol–water partition coefficient (Wildman–Crippen LogP) is 4.70. The Morgan fingerprint density at radius 1 is 1.20 bits per heavy atom. The summed E-state index contributed by atoms with van der Waals surface area (Å²) in [6, 6.07) is 9.02. The lowest BCUT2D eigenvalue weighted by Gasteiger charge is -2.27. The highest BCUT2D eigenvalue weighted by atomic mass is 16.5. The molecule has 1 saturated carbocycles. The van der Waals surface area contributed by atoms with E-state index < -0.39 is 0 Å². The van der Waals surface area contributed by atoms with Crippen LogP contribution in [0.1, 0.15) is 64.5 Å². The molecule has 1 aromatic carbocycles. The van der Waals surface area contributed by atoms with Gasteiger partial charge in [-0.15, -0.1) is 0 Å². The maximum absolute atomic E-state index is 6.03. The molecule has 1 aliphatic rings. The van der Waals surface area contributed by atoms with Crippen LogP contribution in [0.2, 0.25) is 0 Å². The number of rotatable bonds is 7. The van der Waals surface area contributed by atoms with E-state index >= 15 is 0 Å². The maximum atomic E-state index is 6.03. The lowest BCUT2D eigenvalue weighted by atomic mass is 9.91. The van der Waals surface area contributed by atoms with Crippen molar-refractivity contribution in [1.82, 2.24) is 5.32 Å². The van der Waals surface area contributed by atoms with Crippen LogP contribution in [0.25, 0.3) is 0 Å². The van der Waals surface area contributed by atoms with Gasteiger partial charge in [0.15, 0.2) is 0 Å². The zero-order valence-corrected chi connectivity index (χ0v) is 13.2. The van der Waals surface area contributed by atoms with Crippen molar-refractivity contribution in [2.45, 2.75) is 65.0 Å². The number of hydrogen-bond acceptors (Lipinski definition) is 2. The van der Waals surface area contributed by atoms with Gasteiger partial charge in [0.05, 0.1) is 6.10 Å². The summed E-state index contributed by atoms with van der Waals surface area (Å²) in [7, 11) is 0. The fourth-order valence-corrected chi connectivity index (χ4v) is 3.22. The average Bonchev–Trinajstić information content (AvgIpc) is 2.94. The van der Waals surface area contributed by atoms with Crippen LogP contribution in [0.3, 0.4) is 0 Å². The van der Waals surface area contributed by atoms with Crippen LogP contribution in [0.5, 0.6) is 5.75 Å². The van der Waals surface area contributed by atoms with E-state index in [0.29, 0.717) is 6.04 Å². The summed E-state index contributed by atoms with van der Waals surface area (Å²) < 4.78 is 6.03. The van der Waals surface area contributed by atoms with Crippen molar-refractivity contribution < 1.29 is 4.74 Å². The molecule has 112 valence electrons. The van der Waals surface area contributed by atoms with Crippen LogP contribution < -0.4 is 10.1 Å². The molecule has 1 N–H and O–H groups in total. The second-order valence-electron chi connectivity index (χ2n) is 6.18. The van der Waals surface area contributed by atoms with Crippen molar-refractivity contribution in [2.24, 2.45) is 5.92 Å². The third-order valence-corrected chi connectivity index (χ3v) is 4.10. The molecule has 0 radical (unpaired) electrons. The first-order chi connectivity index (χ1) is 9.72. The van der Waals surface area contributed by atoms with Crippen LogP contribution in [-0.2, 0) is 0 Å². The van der Waals surface area contributed by atoms with Crippen molar-refractivity contribution in [3.8, 4) is 5.75 Å². The van der Waals surface area contributed by atoms with Crippen molar-refractivity contribution in [3.63, 3.8) is 0 Å². The zero-order chi connectivity index (χ0) is 14.4. The molecular weight excluding hydrogens is 246 g/mol. The lowest BCUT2D eigenvalue weighted by molar-refractivity contribution is 0.233. The fraction of sp³-hybridized carbons (Fsp3) is 0.667. The van der Waals surface area contributed by atoms with E-state index in [-0.39, 0.29) is 6.10 Å². The summed E-state index contributed by atoms with van der Waals surface area (Å²) in [6.07, 6.45) is 6.85. The summed E-state index contributed by atoms with van der Waals surface area (Å²) >= 11 is 0. The van der Waals surface area contributed by atoms with Gasteiger partial charge in [0.2, 0.25) is 0 Å². The highest BCUT2D eigenvalue weighted by molar-refractivity contribution is 5.36. The van der Waals surface area contributed by atoms with Crippen LogP contribution in [-0.4, -0.2) is 12.6 Å². The molecule has 1 aromatic rings. The molecule has 0 saturated heterocycles. The molecule has 2 heteroatoms. The number of ether oxygens (including phenoxy) is 1. The highest BCUT2D eigenvalue weighted by Crippen LogP contribution is 2.39. The molecule has 1 aliphatic carbocycles. The molecule has 0 spiro atoms. The number of para-hydroxylation sites is 1. The number of benzene rings is 1. The summed E-state index contributed by atoms with van der Waals surface area (Å²) in [4.78, 5) is 0. The quantitative estimate of drug-likeness (QED) is 0.778. The molecule has 0 aromatic heterocycles. The van der Waals surface area contributed by atoms with E-state index in [2.05, 4.69) is 50.4 Å². The third-order valence-electron chi connectivity index (χ3n) is 4.10. The van der Waals surface area contributed by atoms with Gasteiger partial charge in [0, 0.05) is 11.6 Å². The lowest BCUT2D eigenvalue weighted by Crippen LogP contribution is -2.28. The number of hydrogen-bond donors (Lipinski definition) is 1. The molecule has 0 amide bonds. The zero-order valence-electron chi connectivity index (χ0n) is 13.2. The molecular formula is C18H29NO. The van der Waals surface area contributed by atoms with E-state index in [4.69, 9.17) is 4.74 Å². The van der Waals surface area contributed by atoms with E-state index in [1.807, 2.05) is 0 Å². The molecule has 1 atom stereocenters. The first-order valence-corrected chi connectivity index (χ1v) is 8.21. The Balaban J connectivity index is 2.22. The topological polar surface area (TPSA) is 21.3 Å². The van der Waals surface area contributed by atoms with Crippen molar-refractivity contribution in [2.75, 3.05) is 6.54 Å². The van der Waals surface area contributed by atoms with E-state index in [9.17, 15) is 0 Å². The van der Waals surface area contributed by atoms with Gasteiger partial charge in [-0.2, -0.15) is 0 Å². The van der Waals surface area contributed by atoms with Gasteiger partial charge in [-0.05, 0) is 51.6 Å². The summed E-state index contributed by atoms with van der Waals surface area (Å²) in [5, 5.41) is 3.76. The summed E-state index contributed by atoms with van der Waals surface area (Å²) in [5.74, 6) is 1.82. The average molecular weight is 275 g/mol. The van der Waals surface area contributed by atoms with Gasteiger partial charge in [0.1, 0.15) is 5.75 Å². The second kappa shape index (κ2) is 7.68. The van der Waals surface area contributed by atoms with Gasteiger partial charge < -0.3 is 10.1 Å². The molecule has 0 aliphatic heterocycles. The molecule has 1 fully saturated rings. The largest absolute Gasteiger partial charge is 0.491 e. The first kappa shape index (κ1) is 15.4. The normalized spacial score (nSPS) is 17.6. The summed E-state index contributed by atoms with van der Waals surface area (Å²) in [6.45, 7) is 7.51. The third kappa shape index (κ3) is 3.99. The highest BCUT2D eigenvalue weighted by Gasteiger charge is 2.27. The van der Waals surface area contributed by atoms with Crippen molar-refractivity contribution >= 4 is 0 Å². The Morgan fingerprint density at radius 2 is 1.90 bits per heavy atom. The molecule has 2 nitrogen and oxygen atoms in total. The Hall–Kier alpha value is -1.02. The Labute approximate surface area is 123 Å². The Kier molecular flexibility index (Phi) is 5.90. The van der Waals surface area contributed by atoms with Crippen molar-refractivity contribution in [1.29, 1.82) is 0 Å². The van der Waals surface area contributed by atoms with Crippen LogP contribution >= 0.6 is 0 Å². The number of nitrogens with one attached hydrogen (secondary N) is 1. The monoisotopic (exact) mass is 275 g/mol. The fourth-order valence-electron chi connectivity index (χ4n) is 3.22. The van der Waals surface area contributed by atoms with Crippen LogP contribution in [0.15, 0.2) is 24.3 Å². The minimum atomic E-state index is 0.228. The minimum Gasteiger partial charge on any atom is -0.491 e. The molecule has 0 bridgehead atoms. The van der Waals surface area contributed by atoms with Gasteiger partial charge in [-0.25, -0.2) is 0 Å². The first-order valence-electron chi connectivity index (χ1n) is 8.21. The molecule has 0 heterocycles. The van der Waals surface area contributed by atoms with E-state index in [0.717, 1.165) is 18.2 Å². The Bertz CT molecular complexity index is 396. The van der Waals surface area contributed by atoms with Gasteiger partial charge in [-0.3, -0.25) is 0 Å². The van der Waals surface area contributed by atoms with Gasteiger partial charge in [0.25, 0.3) is 0 Å². The molecule has 1 unspecified atom stereocenters. The SMILES string of the molecule is CCCNC(c1ccccc1OC(C)C)C1CCCC1. The predicted molar refractivity (Wildman–Crippen MR) is 85.2 cm³/mol. The van der Waals surface area contributed by atoms with Gasteiger partial charge in [-0.1, -0.05) is 38.0 Å². The minimum absolute atomic E-state index is 0.228.